The fourth-order valence-electron chi connectivity index (χ4n) is 10.4. The van der Waals surface area contributed by atoms with E-state index in [2.05, 4.69) is 46.0 Å². The molecule has 0 bridgehead atoms. The van der Waals surface area contributed by atoms with Crippen LogP contribution in [0.1, 0.15) is 93.4 Å². The molecule has 0 aromatic heterocycles. The highest BCUT2D eigenvalue weighted by Crippen LogP contribution is 2.73. The first-order chi connectivity index (χ1) is 19.4. The van der Waals surface area contributed by atoms with Crippen LogP contribution in [-0.4, -0.2) is 42.9 Å². The maximum Gasteiger partial charge on any atom is 0.407 e. The Morgan fingerprint density at radius 1 is 1.05 bits per heavy atom. The third kappa shape index (κ3) is 4.05. The van der Waals surface area contributed by atoms with Gasteiger partial charge in [-0.05, 0) is 86.0 Å². The van der Waals surface area contributed by atoms with Gasteiger partial charge in [0.2, 0.25) is 0 Å². The molecule has 0 heterocycles. The molecule has 0 unspecified atom stereocenters. The number of hydrogen-bond donors (Lipinski definition) is 1. The summed E-state index contributed by atoms with van der Waals surface area (Å²) in [6, 6.07) is 2.12. The number of Topliss-reactive ketones (excluding diaryl/α,β-unsaturated/α-hetero) is 1. The van der Waals surface area contributed by atoms with Crippen LogP contribution in [0.2, 0.25) is 0 Å². The Balaban J connectivity index is 1.66. The lowest BCUT2D eigenvalue weighted by atomic mass is 9.35. The van der Waals surface area contributed by atoms with Crippen LogP contribution in [0.15, 0.2) is 23.3 Å². The van der Waals surface area contributed by atoms with Crippen LogP contribution in [0.5, 0.6) is 0 Å². The summed E-state index contributed by atoms with van der Waals surface area (Å²) in [5, 5.41) is 13.3. The fraction of sp³-hybridized carbons (Fsp3) is 0.735. The second-order valence-electron chi connectivity index (χ2n) is 15.5. The number of carbonyl (C=O) groups is 4. The molecule has 0 saturated heterocycles. The maximum atomic E-state index is 14.6. The highest BCUT2D eigenvalue weighted by molar-refractivity contribution is 6.05. The van der Waals surface area contributed by atoms with Crippen molar-refractivity contribution in [2.45, 2.75) is 99.0 Å². The van der Waals surface area contributed by atoms with Gasteiger partial charge in [-0.25, -0.2) is 4.79 Å². The van der Waals surface area contributed by atoms with Crippen LogP contribution in [0.25, 0.3) is 0 Å². The molecule has 0 aromatic carbocycles. The van der Waals surface area contributed by atoms with Crippen LogP contribution in [-0.2, 0) is 23.9 Å². The van der Waals surface area contributed by atoms with Gasteiger partial charge in [-0.15, -0.1) is 0 Å². The maximum absolute atomic E-state index is 14.6. The van der Waals surface area contributed by atoms with E-state index in [-0.39, 0.29) is 52.3 Å². The van der Waals surface area contributed by atoms with E-state index in [1.165, 1.54) is 14.0 Å². The smallest absolute Gasteiger partial charge is 0.407 e. The van der Waals surface area contributed by atoms with E-state index < -0.39 is 33.8 Å². The minimum absolute atomic E-state index is 0.0335. The second kappa shape index (κ2) is 9.53. The largest absolute Gasteiger partial charge is 0.465 e. The lowest BCUT2D eigenvalue weighted by molar-refractivity contribution is -0.164. The van der Waals surface area contributed by atoms with E-state index in [1.807, 2.05) is 13.0 Å². The van der Waals surface area contributed by atoms with Crippen molar-refractivity contribution in [2.24, 2.45) is 44.8 Å². The third-order valence-electron chi connectivity index (χ3n) is 12.8. The molecule has 0 aliphatic heterocycles. The van der Waals surface area contributed by atoms with Gasteiger partial charge in [0.25, 0.3) is 0 Å². The Morgan fingerprint density at radius 2 is 1.71 bits per heavy atom. The van der Waals surface area contributed by atoms with Crippen molar-refractivity contribution in [3.05, 3.63) is 23.3 Å². The van der Waals surface area contributed by atoms with Crippen molar-refractivity contribution in [3.63, 3.8) is 0 Å². The lowest BCUT2D eigenvalue weighted by Gasteiger charge is -2.69. The zero-order valence-electron chi connectivity index (χ0n) is 26.4. The van der Waals surface area contributed by atoms with E-state index in [4.69, 9.17) is 9.47 Å². The van der Waals surface area contributed by atoms with Gasteiger partial charge >= 0.3 is 12.1 Å². The number of nitrogens with zero attached hydrogens (tertiary/aromatic N) is 1. The van der Waals surface area contributed by atoms with Gasteiger partial charge in [0.05, 0.1) is 18.1 Å². The van der Waals surface area contributed by atoms with Gasteiger partial charge in [0.1, 0.15) is 12.7 Å². The number of hydrogen-bond acceptors (Lipinski definition) is 7. The highest BCUT2D eigenvalue weighted by Gasteiger charge is 2.70. The van der Waals surface area contributed by atoms with Crippen molar-refractivity contribution < 1.29 is 28.7 Å². The number of carbonyl (C=O) groups excluding carboxylic acids is 4. The van der Waals surface area contributed by atoms with E-state index in [9.17, 15) is 24.4 Å². The van der Waals surface area contributed by atoms with Crippen LogP contribution in [0.3, 0.4) is 0 Å². The quantitative estimate of drug-likeness (QED) is 0.416. The predicted molar refractivity (Wildman–Crippen MR) is 156 cm³/mol. The molecule has 1 N–H and O–H groups in total. The lowest BCUT2D eigenvalue weighted by Crippen LogP contribution is -2.69. The van der Waals surface area contributed by atoms with Gasteiger partial charge in [0.15, 0.2) is 11.6 Å². The number of allylic oxidation sites excluding steroid dienone is 4. The zero-order chi connectivity index (χ0) is 31.1. The van der Waals surface area contributed by atoms with Gasteiger partial charge in [-0.3, -0.25) is 14.4 Å². The van der Waals surface area contributed by atoms with Crippen molar-refractivity contribution in [3.8, 4) is 6.07 Å². The number of nitrogens with one attached hydrogen (secondary N) is 1. The number of fused-ring (bicyclic) bond motifs is 7. The molecule has 5 rings (SSSR count). The average Bonchev–Trinajstić information content (AvgIpc) is 2.91. The molecule has 0 aromatic rings. The van der Waals surface area contributed by atoms with Crippen LogP contribution in [0, 0.1) is 56.2 Å². The van der Waals surface area contributed by atoms with E-state index >= 15 is 0 Å². The van der Waals surface area contributed by atoms with Gasteiger partial charge in [-0.2, -0.15) is 5.26 Å². The van der Waals surface area contributed by atoms with E-state index in [1.54, 1.807) is 6.08 Å². The van der Waals surface area contributed by atoms with Crippen LogP contribution >= 0.6 is 0 Å². The van der Waals surface area contributed by atoms with Crippen molar-refractivity contribution in [1.82, 2.24) is 5.32 Å². The number of methoxy groups -OCH3 is 1. The second-order valence-corrected chi connectivity index (χ2v) is 15.5. The summed E-state index contributed by atoms with van der Waals surface area (Å²) < 4.78 is 10.5. The van der Waals surface area contributed by atoms with Gasteiger partial charge in [-0.1, -0.05) is 46.3 Å². The van der Waals surface area contributed by atoms with Crippen molar-refractivity contribution in [1.29, 1.82) is 5.26 Å². The summed E-state index contributed by atoms with van der Waals surface area (Å²) in [4.78, 5) is 52.6. The summed E-state index contributed by atoms with van der Waals surface area (Å²) in [6.07, 6.45) is 8.76. The molecule has 5 aliphatic carbocycles. The molecule has 228 valence electrons. The minimum Gasteiger partial charge on any atom is -0.465 e. The van der Waals surface area contributed by atoms with Gasteiger partial charge < -0.3 is 14.8 Å². The fourth-order valence-corrected chi connectivity index (χ4v) is 10.4. The summed E-state index contributed by atoms with van der Waals surface area (Å²) in [6.45, 7) is 14.1. The molecule has 1 amide bonds. The summed E-state index contributed by atoms with van der Waals surface area (Å²) >= 11 is 0. The highest BCUT2D eigenvalue weighted by atomic mass is 16.5. The molecular weight excluding hydrogens is 532 g/mol. The molecule has 0 spiro atoms. The van der Waals surface area contributed by atoms with Crippen molar-refractivity contribution in [2.75, 3.05) is 13.7 Å². The third-order valence-corrected chi connectivity index (χ3v) is 12.8. The number of nitriles is 1. The number of amides is 1. The Labute approximate surface area is 249 Å². The average molecular weight is 579 g/mol. The Bertz CT molecular complexity index is 1360. The molecule has 3 saturated carbocycles. The predicted octanol–water partition coefficient (Wildman–Crippen LogP) is 5.86. The molecule has 8 heteroatoms. The standard InChI is InChI=1S/C34H46N2O6/c1-20(37)42-19-31(5)24-9-10-32(6)25(30(24,4)16-21(18-35)27(31)39)15-23(38)26-22-17-29(2,3)11-13-34(22,36-28(40)41-8)14-12-33(26,32)7/h15-16,22,24,26H,9-14,17,19H2,1-8H3,(H,36,40)/t22-,24+,26-,30-,31-,32+,33+,34-/m0/s1. The number of alkyl carbamates (subject to hydrolysis) is 1. The number of rotatable bonds is 3. The van der Waals surface area contributed by atoms with E-state index in [0.717, 1.165) is 44.1 Å². The Kier molecular flexibility index (Phi) is 6.92. The molecule has 8 atom stereocenters. The molecule has 0 radical (unpaired) electrons. The minimum atomic E-state index is -1.08. The summed E-state index contributed by atoms with van der Waals surface area (Å²) in [5.74, 6) is -1.27. The zero-order valence-corrected chi connectivity index (χ0v) is 26.4. The Morgan fingerprint density at radius 3 is 2.33 bits per heavy atom. The van der Waals surface area contributed by atoms with Crippen LogP contribution < -0.4 is 5.32 Å². The van der Waals surface area contributed by atoms with Gasteiger partial charge in [0, 0.05) is 23.8 Å². The first-order valence-electron chi connectivity index (χ1n) is 15.4. The SMILES string of the molecule is COC(=O)N[C@]12CCC(C)(C)C[C@H]1[C@H]1C(=O)C=C3[C@@]4(C)C=C(C#N)C(=O)[C@@](C)(COC(C)=O)[C@@H]4CC[C@@]3(C)[C@]1(C)CC2. The first-order valence-corrected chi connectivity index (χ1v) is 15.4. The monoisotopic (exact) mass is 578 g/mol. The first kappa shape index (κ1) is 30.5. The number of esters is 1. The number of ether oxygens (including phenoxy) is 2. The van der Waals surface area contributed by atoms with Crippen molar-refractivity contribution >= 4 is 23.6 Å². The molecule has 5 aliphatic rings. The topological polar surface area (TPSA) is 123 Å². The molecular formula is C34H46N2O6. The normalized spacial score (nSPS) is 43.6. The Hall–Kier alpha value is -2.95. The van der Waals surface area contributed by atoms with Crippen LogP contribution in [0.4, 0.5) is 4.79 Å². The summed E-state index contributed by atoms with van der Waals surface area (Å²) in [7, 11) is 1.38. The summed E-state index contributed by atoms with van der Waals surface area (Å²) in [5.41, 5.74) is -2.02. The molecule has 3 fully saturated rings. The molecule has 42 heavy (non-hydrogen) atoms. The molecule has 8 nitrogen and oxygen atoms in total. The number of ketones is 2. The van der Waals surface area contributed by atoms with E-state index in [0.29, 0.717) is 6.42 Å².